The first kappa shape index (κ1) is 29.6. The maximum Gasteiger partial charge on any atom is 0.264 e. The molecule has 2 aromatic carbocycles. The molecule has 0 saturated carbocycles. The molecule has 0 spiro atoms. The van der Waals surface area contributed by atoms with Gasteiger partial charge in [-0.2, -0.15) is 0 Å². The fourth-order valence-electron chi connectivity index (χ4n) is 4.87. The predicted octanol–water partition coefficient (Wildman–Crippen LogP) is 8.48. The van der Waals surface area contributed by atoms with Gasteiger partial charge in [0.05, 0.1) is 11.0 Å². The van der Waals surface area contributed by atoms with Crippen LogP contribution in [0.15, 0.2) is 69.0 Å². The van der Waals surface area contributed by atoms with Crippen molar-refractivity contribution in [3.8, 4) is 11.8 Å². The van der Waals surface area contributed by atoms with Gasteiger partial charge in [0.2, 0.25) is 11.8 Å². The number of azo groups is 2. The van der Waals surface area contributed by atoms with Crippen LogP contribution in [0.3, 0.4) is 0 Å². The number of carbonyl (C=O) groups excluding carboxylic acids is 2. The van der Waals surface area contributed by atoms with Crippen molar-refractivity contribution in [1.82, 2.24) is 9.13 Å². The third kappa shape index (κ3) is 7.06. The number of hydrogen-bond donors (Lipinski definition) is 2. The van der Waals surface area contributed by atoms with E-state index >= 15 is 0 Å². The van der Waals surface area contributed by atoms with Gasteiger partial charge in [-0.3, -0.25) is 9.59 Å². The maximum atomic E-state index is 12.3. The van der Waals surface area contributed by atoms with Crippen LogP contribution in [-0.4, -0.2) is 31.2 Å². The number of carbonyl (C=O) groups is 2. The minimum absolute atomic E-state index is 0.0164. The van der Waals surface area contributed by atoms with E-state index in [4.69, 9.17) is 0 Å². The Morgan fingerprint density at radius 3 is 1.46 bits per heavy atom. The van der Waals surface area contributed by atoms with Crippen LogP contribution in [0.4, 0.5) is 11.4 Å². The van der Waals surface area contributed by atoms with E-state index in [1.807, 2.05) is 48.5 Å². The average molecular weight is 559 g/mol. The van der Waals surface area contributed by atoms with Gasteiger partial charge in [0.1, 0.15) is 0 Å². The first-order valence-electron chi connectivity index (χ1n) is 14.5. The Hall–Kier alpha value is -4.34. The number of para-hydroxylation sites is 2. The first-order valence-corrected chi connectivity index (χ1v) is 14.5. The van der Waals surface area contributed by atoms with E-state index in [0.717, 1.165) is 47.5 Å². The molecule has 0 radical (unpaired) electrons. The van der Waals surface area contributed by atoms with Crippen LogP contribution in [-0.2, 0) is 22.7 Å². The third-order valence-corrected chi connectivity index (χ3v) is 7.11. The molecule has 2 amide bonds. The number of benzene rings is 2. The second-order valence-corrected chi connectivity index (χ2v) is 10.1. The van der Waals surface area contributed by atoms with E-state index in [-0.39, 0.29) is 36.4 Å². The Kier molecular flexibility index (Phi) is 10.4. The van der Waals surface area contributed by atoms with Crippen LogP contribution in [0.2, 0.25) is 0 Å². The topological polar surface area (TPSA) is 134 Å². The van der Waals surface area contributed by atoms with Crippen LogP contribution in [0.5, 0.6) is 11.8 Å². The van der Waals surface area contributed by atoms with Crippen molar-refractivity contribution in [2.45, 2.75) is 84.7 Å². The summed E-state index contributed by atoms with van der Waals surface area (Å²) in [5.41, 5.74) is 2.33. The largest absolute Gasteiger partial charge is 0.493 e. The highest BCUT2D eigenvalue weighted by atomic mass is 16.3. The highest BCUT2D eigenvalue weighted by molar-refractivity contribution is 5.96. The third-order valence-electron chi connectivity index (χ3n) is 7.11. The number of aromatic nitrogens is 2. The summed E-state index contributed by atoms with van der Waals surface area (Å²) in [6.07, 6.45) is 5.95. The number of unbranched alkanes of at least 4 members (excludes halogenated alkanes) is 4. The molecule has 10 nitrogen and oxygen atoms in total. The summed E-state index contributed by atoms with van der Waals surface area (Å²) in [5.74, 6) is -0.725. The van der Waals surface area contributed by atoms with E-state index in [1.165, 1.54) is 0 Å². The van der Waals surface area contributed by atoms with Crippen molar-refractivity contribution in [2.24, 2.45) is 20.5 Å². The van der Waals surface area contributed by atoms with E-state index < -0.39 is 0 Å². The van der Waals surface area contributed by atoms with Gasteiger partial charge in [-0.25, -0.2) is 0 Å². The Bertz CT molecular complexity index is 1450. The van der Waals surface area contributed by atoms with Crippen LogP contribution in [0, 0.1) is 0 Å². The van der Waals surface area contributed by atoms with Crippen molar-refractivity contribution < 1.29 is 19.8 Å². The molecule has 0 aliphatic rings. The van der Waals surface area contributed by atoms with Gasteiger partial charge in [0, 0.05) is 36.7 Å². The first-order chi connectivity index (χ1) is 20.0. The van der Waals surface area contributed by atoms with Gasteiger partial charge < -0.3 is 19.3 Å². The highest BCUT2D eigenvalue weighted by Crippen LogP contribution is 2.40. The molecule has 2 aromatic heterocycles. The lowest BCUT2D eigenvalue weighted by Gasteiger charge is -2.05. The minimum Gasteiger partial charge on any atom is -0.493 e. The summed E-state index contributed by atoms with van der Waals surface area (Å²) in [5, 5.41) is 38.8. The van der Waals surface area contributed by atoms with Gasteiger partial charge >= 0.3 is 0 Å². The molecule has 0 bridgehead atoms. The normalized spacial score (nSPS) is 12.0. The Morgan fingerprint density at radius 1 is 0.634 bits per heavy atom. The summed E-state index contributed by atoms with van der Waals surface area (Å²) in [6, 6.07) is 15.1. The summed E-state index contributed by atoms with van der Waals surface area (Å²) in [4.78, 5) is 24.7. The molecule has 216 valence electrons. The van der Waals surface area contributed by atoms with E-state index in [2.05, 4.69) is 34.3 Å². The zero-order valence-corrected chi connectivity index (χ0v) is 23.8. The lowest BCUT2D eigenvalue weighted by Crippen LogP contribution is -1.96. The lowest BCUT2D eigenvalue weighted by atomic mass is 10.1. The van der Waals surface area contributed by atoms with Crippen molar-refractivity contribution in [3.63, 3.8) is 0 Å². The summed E-state index contributed by atoms with van der Waals surface area (Å²) in [6.45, 7) is 5.49. The number of aromatic hydroxyl groups is 2. The van der Waals surface area contributed by atoms with Gasteiger partial charge in [-0.05, 0) is 37.8 Å². The number of hydrogen-bond acceptors (Lipinski definition) is 6. The summed E-state index contributed by atoms with van der Waals surface area (Å²) in [7, 11) is 0. The quantitative estimate of drug-likeness (QED) is 0.118. The van der Waals surface area contributed by atoms with Crippen LogP contribution < -0.4 is 0 Å². The zero-order chi connectivity index (χ0) is 29.2. The minimum atomic E-state index is -0.379. The smallest absolute Gasteiger partial charge is 0.264 e. The molecule has 0 aliphatic carbocycles. The predicted molar refractivity (Wildman–Crippen MR) is 159 cm³/mol. The highest BCUT2D eigenvalue weighted by Gasteiger charge is 2.17. The maximum absolute atomic E-state index is 12.3. The van der Waals surface area contributed by atoms with Crippen LogP contribution in [0.25, 0.3) is 21.8 Å². The second kappa shape index (κ2) is 14.3. The molecule has 0 unspecified atom stereocenters. The number of aryl methyl sites for hydroxylation is 2. The molecule has 2 heterocycles. The van der Waals surface area contributed by atoms with Crippen molar-refractivity contribution >= 4 is 45.0 Å². The number of amides is 2. The summed E-state index contributed by atoms with van der Waals surface area (Å²) < 4.78 is 3.61. The molecule has 0 aliphatic heterocycles. The zero-order valence-electron chi connectivity index (χ0n) is 23.8. The number of nitrogens with zero attached hydrogens (tertiary/aromatic N) is 6. The molecule has 2 N–H and O–H groups in total. The number of fused-ring (bicyclic) bond motifs is 2. The Morgan fingerprint density at radius 2 is 1.05 bits per heavy atom. The summed E-state index contributed by atoms with van der Waals surface area (Å²) >= 11 is 0. The van der Waals surface area contributed by atoms with Crippen LogP contribution >= 0.6 is 0 Å². The number of rotatable bonds is 14. The van der Waals surface area contributed by atoms with Crippen molar-refractivity contribution in [2.75, 3.05) is 0 Å². The fraction of sp³-hybridized carbons (Fsp3) is 0.419. The molecule has 10 heteroatoms. The standard InChI is InChI=1S/C31H38N6O4/c1-3-5-20-36-24-16-12-10-14-22(24)28(30(36)40)34-32-26(38)18-8-7-9-19-27(39)33-35-29-23-15-11-13-17-25(23)37(31(29)41)21-6-4-2/h10-17,40-41H,3-9,18-21H2,1-2H3. The molecule has 4 rings (SSSR count). The molecule has 0 atom stereocenters. The SMILES string of the molecule is CCCCn1c(O)c(N=NC(=O)CCCCCC(=O)N=Nc2c(O)n(CCCC)c3ccccc23)c2ccccc21. The molecular weight excluding hydrogens is 520 g/mol. The van der Waals surface area contributed by atoms with Gasteiger partial charge in [-0.15, -0.1) is 20.5 Å². The van der Waals surface area contributed by atoms with Gasteiger partial charge in [-0.1, -0.05) is 69.5 Å². The molecule has 41 heavy (non-hydrogen) atoms. The second-order valence-electron chi connectivity index (χ2n) is 10.1. The van der Waals surface area contributed by atoms with Crippen molar-refractivity contribution in [1.29, 1.82) is 0 Å². The average Bonchev–Trinajstić information content (AvgIpc) is 3.41. The Balaban J connectivity index is 1.27. The van der Waals surface area contributed by atoms with Crippen LogP contribution in [0.1, 0.15) is 71.6 Å². The van der Waals surface area contributed by atoms with E-state index in [0.29, 0.717) is 43.7 Å². The monoisotopic (exact) mass is 558 g/mol. The van der Waals surface area contributed by atoms with E-state index in [1.54, 1.807) is 9.13 Å². The molecular formula is C31H38N6O4. The molecule has 0 saturated heterocycles. The lowest BCUT2D eigenvalue weighted by molar-refractivity contribution is -0.118. The Labute approximate surface area is 239 Å². The van der Waals surface area contributed by atoms with E-state index in [9.17, 15) is 19.8 Å². The van der Waals surface area contributed by atoms with Gasteiger partial charge in [0.15, 0.2) is 11.4 Å². The van der Waals surface area contributed by atoms with Crippen molar-refractivity contribution in [3.05, 3.63) is 48.5 Å². The molecule has 0 fully saturated rings. The van der Waals surface area contributed by atoms with Gasteiger partial charge in [0.25, 0.3) is 11.8 Å². The fourth-order valence-corrected chi connectivity index (χ4v) is 4.87. The molecule has 4 aromatic rings.